The van der Waals surface area contributed by atoms with Gasteiger partial charge in [-0.1, -0.05) is 6.07 Å². The molecule has 0 aliphatic heterocycles. The lowest BCUT2D eigenvalue weighted by Crippen LogP contribution is -2.37. The minimum absolute atomic E-state index is 0.0493. The van der Waals surface area contributed by atoms with Crippen LogP contribution in [-0.2, 0) is 14.3 Å². The van der Waals surface area contributed by atoms with Crippen molar-refractivity contribution in [2.75, 3.05) is 32.9 Å². The van der Waals surface area contributed by atoms with Gasteiger partial charge in [-0.3, -0.25) is 9.59 Å². The molecule has 0 spiro atoms. The van der Waals surface area contributed by atoms with E-state index in [0.29, 0.717) is 44.9 Å². The second kappa shape index (κ2) is 11.4. The number of hydrogen-bond donors (Lipinski definition) is 3. The van der Waals surface area contributed by atoms with Crippen molar-refractivity contribution in [3.05, 3.63) is 29.8 Å². The predicted molar refractivity (Wildman–Crippen MR) is 90.0 cm³/mol. The zero-order valence-corrected chi connectivity index (χ0v) is 14.2. The highest BCUT2D eigenvalue weighted by Gasteiger charge is 2.12. The molecule has 3 N–H and O–H groups in total. The van der Waals surface area contributed by atoms with E-state index in [9.17, 15) is 14.7 Å². The van der Waals surface area contributed by atoms with Gasteiger partial charge < -0.3 is 25.2 Å². The molecule has 7 nitrogen and oxygen atoms in total. The van der Waals surface area contributed by atoms with Crippen LogP contribution in [0.25, 0.3) is 0 Å². The van der Waals surface area contributed by atoms with Crippen molar-refractivity contribution in [3.8, 4) is 5.75 Å². The molecule has 0 aromatic heterocycles. The van der Waals surface area contributed by atoms with Crippen LogP contribution < -0.4 is 10.6 Å². The highest BCUT2D eigenvalue weighted by Crippen LogP contribution is 2.10. The number of rotatable bonds is 11. The van der Waals surface area contributed by atoms with E-state index in [4.69, 9.17) is 9.47 Å². The quantitative estimate of drug-likeness (QED) is 0.525. The zero-order valence-electron chi connectivity index (χ0n) is 14.2. The highest BCUT2D eigenvalue weighted by molar-refractivity contribution is 5.94. The number of benzene rings is 1. The molecule has 2 amide bonds. The smallest absolute Gasteiger partial charge is 0.251 e. The third-order valence-electron chi connectivity index (χ3n) is 3.22. The summed E-state index contributed by atoms with van der Waals surface area (Å²) >= 11 is 0. The largest absolute Gasteiger partial charge is 0.508 e. The Morgan fingerprint density at radius 1 is 1.21 bits per heavy atom. The van der Waals surface area contributed by atoms with Crippen LogP contribution in [0.1, 0.15) is 30.6 Å². The van der Waals surface area contributed by atoms with Gasteiger partial charge in [0.2, 0.25) is 5.91 Å². The molecule has 0 radical (unpaired) electrons. The van der Waals surface area contributed by atoms with Crippen LogP contribution in [0.15, 0.2) is 24.3 Å². The lowest BCUT2D eigenvalue weighted by atomic mass is 10.2. The standard InChI is InChI=1S/C17H26N2O5/c1-3-23-10-11-24-13(2)16(21)18-8-5-9-19-17(22)14-6-4-7-15(20)12-14/h4,6-7,12-13,20H,3,5,8-11H2,1-2H3,(H,18,21)(H,19,22)/t13-/m1/s1. The summed E-state index contributed by atoms with van der Waals surface area (Å²) in [5.74, 6) is -0.399. The van der Waals surface area contributed by atoms with Gasteiger partial charge in [-0.2, -0.15) is 0 Å². The number of carbonyl (C=O) groups excluding carboxylic acids is 2. The van der Waals surface area contributed by atoms with Crippen LogP contribution in [0.5, 0.6) is 5.75 Å². The van der Waals surface area contributed by atoms with E-state index >= 15 is 0 Å². The fourth-order valence-corrected chi connectivity index (χ4v) is 1.90. The predicted octanol–water partition coefficient (Wildman–Crippen LogP) is 1.07. The van der Waals surface area contributed by atoms with Gasteiger partial charge in [0, 0.05) is 25.3 Å². The Hall–Kier alpha value is -2.12. The van der Waals surface area contributed by atoms with Crippen molar-refractivity contribution < 1.29 is 24.2 Å². The van der Waals surface area contributed by atoms with Gasteiger partial charge in [0.1, 0.15) is 11.9 Å². The summed E-state index contributed by atoms with van der Waals surface area (Å²) in [5, 5.41) is 14.8. The van der Waals surface area contributed by atoms with Gasteiger partial charge in [0.05, 0.1) is 13.2 Å². The number of amides is 2. The maximum absolute atomic E-state index is 11.8. The number of phenolic OH excluding ortho intramolecular Hbond substituents is 1. The van der Waals surface area contributed by atoms with Crippen LogP contribution in [0.3, 0.4) is 0 Å². The van der Waals surface area contributed by atoms with Crippen molar-refractivity contribution in [1.82, 2.24) is 10.6 Å². The first kappa shape index (κ1) is 19.9. The SMILES string of the molecule is CCOCCO[C@H](C)C(=O)NCCCNC(=O)c1cccc(O)c1. The summed E-state index contributed by atoms with van der Waals surface area (Å²) in [6.45, 7) is 5.92. The average Bonchev–Trinajstić information content (AvgIpc) is 2.57. The van der Waals surface area contributed by atoms with Gasteiger partial charge in [0.15, 0.2) is 0 Å². The molecule has 1 aromatic rings. The third kappa shape index (κ3) is 7.94. The highest BCUT2D eigenvalue weighted by atomic mass is 16.5. The fourth-order valence-electron chi connectivity index (χ4n) is 1.90. The van der Waals surface area contributed by atoms with Gasteiger partial charge in [-0.15, -0.1) is 0 Å². The number of ether oxygens (including phenoxy) is 2. The van der Waals surface area contributed by atoms with Crippen molar-refractivity contribution in [2.24, 2.45) is 0 Å². The van der Waals surface area contributed by atoms with Crippen LogP contribution in [0.4, 0.5) is 0 Å². The third-order valence-corrected chi connectivity index (χ3v) is 3.22. The van der Waals surface area contributed by atoms with Crippen LogP contribution >= 0.6 is 0 Å². The Morgan fingerprint density at radius 3 is 2.67 bits per heavy atom. The van der Waals surface area contributed by atoms with Gasteiger partial charge in [0.25, 0.3) is 5.91 Å². The topological polar surface area (TPSA) is 96.9 Å². The molecule has 7 heteroatoms. The molecule has 0 aliphatic rings. The lowest BCUT2D eigenvalue weighted by Gasteiger charge is -2.13. The first-order valence-electron chi connectivity index (χ1n) is 8.09. The molecule has 0 unspecified atom stereocenters. The molecule has 1 rings (SSSR count). The summed E-state index contributed by atoms with van der Waals surface area (Å²) in [6, 6.07) is 6.14. The Morgan fingerprint density at radius 2 is 1.96 bits per heavy atom. The summed E-state index contributed by atoms with van der Waals surface area (Å²) in [7, 11) is 0. The Labute approximate surface area is 142 Å². The van der Waals surface area contributed by atoms with E-state index in [1.807, 2.05) is 6.92 Å². The Bertz CT molecular complexity index is 521. The van der Waals surface area contributed by atoms with Crippen LogP contribution in [0.2, 0.25) is 0 Å². The van der Waals surface area contributed by atoms with Crippen molar-refractivity contribution in [2.45, 2.75) is 26.4 Å². The summed E-state index contributed by atoms with van der Waals surface area (Å²) < 4.78 is 10.5. The molecule has 134 valence electrons. The molecular weight excluding hydrogens is 312 g/mol. The van der Waals surface area contributed by atoms with Crippen LogP contribution in [-0.4, -0.2) is 55.9 Å². The van der Waals surface area contributed by atoms with E-state index in [1.165, 1.54) is 12.1 Å². The molecule has 0 saturated heterocycles. The molecule has 0 heterocycles. The van der Waals surface area contributed by atoms with Gasteiger partial charge in [-0.25, -0.2) is 0 Å². The fraction of sp³-hybridized carbons (Fsp3) is 0.529. The maximum Gasteiger partial charge on any atom is 0.251 e. The normalized spacial score (nSPS) is 11.8. The number of carbonyl (C=O) groups is 2. The maximum atomic E-state index is 11.8. The first-order chi connectivity index (χ1) is 11.5. The Kier molecular flexibility index (Phi) is 9.48. The van der Waals surface area contributed by atoms with E-state index in [2.05, 4.69) is 10.6 Å². The molecule has 0 aliphatic carbocycles. The molecule has 0 fully saturated rings. The molecular formula is C17H26N2O5. The summed E-state index contributed by atoms with van der Waals surface area (Å²) in [5.41, 5.74) is 0.398. The van der Waals surface area contributed by atoms with Crippen molar-refractivity contribution >= 4 is 11.8 Å². The molecule has 0 bridgehead atoms. The number of phenols is 1. The molecule has 1 aromatic carbocycles. The average molecular weight is 338 g/mol. The monoisotopic (exact) mass is 338 g/mol. The number of hydrogen-bond acceptors (Lipinski definition) is 5. The zero-order chi connectivity index (χ0) is 17.8. The Balaban J connectivity index is 2.12. The van der Waals surface area contributed by atoms with E-state index in [1.54, 1.807) is 19.1 Å². The van der Waals surface area contributed by atoms with Gasteiger partial charge >= 0.3 is 0 Å². The molecule has 1 atom stereocenters. The summed E-state index contributed by atoms with van der Waals surface area (Å²) in [6.07, 6.45) is 0.0643. The van der Waals surface area contributed by atoms with Gasteiger partial charge in [-0.05, 0) is 38.5 Å². The van der Waals surface area contributed by atoms with Crippen LogP contribution in [0, 0.1) is 0 Å². The lowest BCUT2D eigenvalue weighted by molar-refractivity contribution is -0.132. The van der Waals surface area contributed by atoms with Crippen molar-refractivity contribution in [1.29, 1.82) is 0 Å². The number of aromatic hydroxyl groups is 1. The number of nitrogens with one attached hydrogen (secondary N) is 2. The molecule has 24 heavy (non-hydrogen) atoms. The van der Waals surface area contributed by atoms with E-state index in [0.717, 1.165) is 0 Å². The summed E-state index contributed by atoms with van der Waals surface area (Å²) in [4.78, 5) is 23.6. The second-order valence-corrected chi connectivity index (χ2v) is 5.16. The van der Waals surface area contributed by atoms with E-state index < -0.39 is 6.10 Å². The van der Waals surface area contributed by atoms with Crippen molar-refractivity contribution in [3.63, 3.8) is 0 Å². The second-order valence-electron chi connectivity index (χ2n) is 5.16. The minimum atomic E-state index is -0.535. The van der Waals surface area contributed by atoms with E-state index in [-0.39, 0.29) is 17.6 Å². The minimum Gasteiger partial charge on any atom is -0.508 e. The molecule has 0 saturated carbocycles. The first-order valence-corrected chi connectivity index (χ1v) is 8.09.